The van der Waals surface area contributed by atoms with Gasteiger partial charge in [0.1, 0.15) is 17.3 Å². The van der Waals surface area contributed by atoms with Gasteiger partial charge >= 0.3 is 0 Å². The smallest absolute Gasteiger partial charge is 0.272 e. The topological polar surface area (TPSA) is 67.2 Å². The van der Waals surface area contributed by atoms with Crippen molar-refractivity contribution in [3.05, 3.63) is 70.8 Å². The molecule has 0 saturated carbocycles. The van der Waals surface area contributed by atoms with Crippen molar-refractivity contribution in [2.45, 2.75) is 19.6 Å². The van der Waals surface area contributed by atoms with Crippen molar-refractivity contribution in [2.24, 2.45) is 0 Å². The van der Waals surface area contributed by atoms with Gasteiger partial charge in [0.15, 0.2) is 0 Å². The molecule has 144 valence electrons. The molecule has 7 nitrogen and oxygen atoms in total. The predicted molar refractivity (Wildman–Crippen MR) is 97.6 cm³/mol. The van der Waals surface area contributed by atoms with E-state index in [1.165, 1.54) is 17.0 Å². The van der Waals surface area contributed by atoms with Gasteiger partial charge < -0.3 is 9.80 Å². The summed E-state index contributed by atoms with van der Waals surface area (Å²) in [5.41, 5.74) is 2.68. The predicted octanol–water partition coefficient (Wildman–Crippen LogP) is 2.22. The molecule has 1 aromatic carbocycles. The highest BCUT2D eigenvalue weighted by atomic mass is 19.1. The number of carbonyl (C=O) groups excluding carboxylic acids is 1. The molecule has 2 aromatic heterocycles. The van der Waals surface area contributed by atoms with Crippen molar-refractivity contribution >= 4 is 11.9 Å². The van der Waals surface area contributed by atoms with Crippen molar-refractivity contribution in [2.75, 3.05) is 19.0 Å². The fraction of sp³-hybridized carbons (Fsp3) is 0.263. The van der Waals surface area contributed by atoms with Gasteiger partial charge in [0.05, 0.1) is 18.8 Å². The Hall–Kier alpha value is -3.36. The van der Waals surface area contributed by atoms with E-state index >= 15 is 0 Å². The zero-order valence-corrected chi connectivity index (χ0v) is 15.4. The number of fused-ring (bicyclic) bond motifs is 1. The highest BCUT2D eigenvalue weighted by molar-refractivity contribution is 5.92. The maximum absolute atomic E-state index is 13.4. The van der Waals surface area contributed by atoms with E-state index in [1.807, 2.05) is 11.1 Å². The third-order valence-corrected chi connectivity index (χ3v) is 4.44. The molecule has 3 aromatic rings. The van der Waals surface area contributed by atoms with Crippen molar-refractivity contribution in [3.8, 4) is 0 Å². The molecule has 0 aliphatic carbocycles. The Morgan fingerprint density at radius 2 is 1.93 bits per heavy atom. The van der Waals surface area contributed by atoms with Crippen LogP contribution in [0.4, 0.5) is 14.7 Å². The lowest BCUT2D eigenvalue weighted by atomic mass is 10.2. The molecule has 1 aliphatic rings. The fourth-order valence-electron chi connectivity index (χ4n) is 3.17. The first-order chi connectivity index (χ1) is 13.4. The van der Waals surface area contributed by atoms with Crippen molar-refractivity contribution in [1.29, 1.82) is 0 Å². The van der Waals surface area contributed by atoms with Gasteiger partial charge in [-0.2, -0.15) is 5.10 Å². The first-order valence-electron chi connectivity index (χ1n) is 8.69. The minimum atomic E-state index is -0.606. The van der Waals surface area contributed by atoms with E-state index in [0.29, 0.717) is 30.3 Å². The fourth-order valence-corrected chi connectivity index (χ4v) is 3.17. The van der Waals surface area contributed by atoms with Crippen LogP contribution in [0.5, 0.6) is 0 Å². The zero-order valence-electron chi connectivity index (χ0n) is 15.4. The first kappa shape index (κ1) is 18.0. The zero-order chi connectivity index (χ0) is 19.8. The second-order valence-corrected chi connectivity index (χ2v) is 6.87. The number of amides is 1. The third kappa shape index (κ3) is 3.55. The van der Waals surface area contributed by atoms with Crippen LogP contribution in [0, 0.1) is 11.6 Å². The van der Waals surface area contributed by atoms with Crippen LogP contribution in [0.1, 0.15) is 27.3 Å². The lowest BCUT2D eigenvalue weighted by Gasteiger charge is -2.17. The second-order valence-electron chi connectivity index (χ2n) is 6.87. The molecule has 0 unspecified atom stereocenters. The number of aromatic nitrogens is 4. The van der Waals surface area contributed by atoms with Crippen LogP contribution in [-0.2, 0) is 19.6 Å². The Balaban J connectivity index is 1.49. The van der Waals surface area contributed by atoms with Crippen molar-refractivity contribution in [1.82, 2.24) is 24.6 Å². The van der Waals surface area contributed by atoms with Crippen LogP contribution in [-0.4, -0.2) is 44.7 Å². The molecule has 28 heavy (non-hydrogen) atoms. The molecule has 0 radical (unpaired) electrons. The van der Waals surface area contributed by atoms with E-state index in [0.717, 1.165) is 17.3 Å². The molecule has 3 heterocycles. The maximum Gasteiger partial charge on any atom is 0.272 e. The van der Waals surface area contributed by atoms with Gasteiger partial charge in [0.25, 0.3) is 5.91 Å². The van der Waals surface area contributed by atoms with Crippen LogP contribution in [0.15, 0.2) is 36.7 Å². The largest absolute Gasteiger partial charge is 0.343 e. The summed E-state index contributed by atoms with van der Waals surface area (Å²) in [7, 11) is 3.34. The number of hydrogen-bond donors (Lipinski definition) is 0. The van der Waals surface area contributed by atoms with Gasteiger partial charge in [-0.05, 0) is 23.8 Å². The summed E-state index contributed by atoms with van der Waals surface area (Å²) < 4.78 is 28.4. The summed E-state index contributed by atoms with van der Waals surface area (Å²) >= 11 is 0. The Bertz CT molecular complexity index is 1000. The van der Waals surface area contributed by atoms with Crippen molar-refractivity contribution < 1.29 is 13.6 Å². The van der Waals surface area contributed by atoms with Gasteiger partial charge in [-0.25, -0.2) is 18.7 Å². The Labute approximate surface area is 160 Å². The SMILES string of the molecule is CN(C)C(=O)c1ccnc(N2Cc3cn(Cc4cc(F)cc(F)c4)nc3C2)n1. The van der Waals surface area contributed by atoms with Gasteiger partial charge in [-0.3, -0.25) is 9.48 Å². The lowest BCUT2D eigenvalue weighted by molar-refractivity contribution is 0.0822. The number of hydrogen-bond acceptors (Lipinski definition) is 5. The summed E-state index contributed by atoms with van der Waals surface area (Å²) in [4.78, 5) is 24.1. The number of benzene rings is 1. The Kier molecular flexibility index (Phi) is 4.50. The molecule has 0 spiro atoms. The second kappa shape index (κ2) is 6.99. The van der Waals surface area contributed by atoms with Gasteiger partial charge in [0, 0.05) is 44.7 Å². The quantitative estimate of drug-likeness (QED) is 0.690. The molecule has 0 atom stereocenters. The number of carbonyl (C=O) groups is 1. The monoisotopic (exact) mass is 384 g/mol. The summed E-state index contributed by atoms with van der Waals surface area (Å²) in [6.45, 7) is 1.33. The van der Waals surface area contributed by atoms with Gasteiger partial charge in [-0.1, -0.05) is 0 Å². The molecular formula is C19H18F2N6O. The summed E-state index contributed by atoms with van der Waals surface area (Å²) in [6.07, 6.45) is 3.42. The van der Waals surface area contributed by atoms with E-state index in [9.17, 15) is 13.6 Å². The van der Waals surface area contributed by atoms with Gasteiger partial charge in [0.2, 0.25) is 5.95 Å². The van der Waals surface area contributed by atoms with Crippen molar-refractivity contribution in [3.63, 3.8) is 0 Å². The highest BCUT2D eigenvalue weighted by Crippen LogP contribution is 2.25. The standard InChI is InChI=1S/C19H18F2N6O/c1-25(2)18(28)16-3-4-22-19(23-16)26-9-13-10-27(24-17(13)11-26)8-12-5-14(20)7-15(21)6-12/h3-7,10H,8-9,11H2,1-2H3. The number of nitrogens with zero attached hydrogens (tertiary/aromatic N) is 6. The molecule has 9 heteroatoms. The lowest BCUT2D eigenvalue weighted by Crippen LogP contribution is -2.25. The molecule has 0 fully saturated rings. The number of halogens is 2. The first-order valence-corrected chi connectivity index (χ1v) is 8.69. The summed E-state index contributed by atoms with van der Waals surface area (Å²) in [5, 5.41) is 4.51. The minimum absolute atomic E-state index is 0.187. The minimum Gasteiger partial charge on any atom is -0.343 e. The Morgan fingerprint density at radius 1 is 1.18 bits per heavy atom. The van der Waals surface area contributed by atoms with Crippen LogP contribution in [0.3, 0.4) is 0 Å². The Morgan fingerprint density at radius 3 is 2.61 bits per heavy atom. The molecule has 1 aliphatic heterocycles. The molecule has 4 rings (SSSR count). The molecule has 0 bridgehead atoms. The summed E-state index contributed by atoms with van der Waals surface area (Å²) in [5.74, 6) is -0.937. The maximum atomic E-state index is 13.4. The van der Waals surface area contributed by atoms with Crippen LogP contribution in [0.25, 0.3) is 0 Å². The summed E-state index contributed by atoms with van der Waals surface area (Å²) in [6, 6.07) is 5.02. The number of rotatable bonds is 4. The van der Waals surface area contributed by atoms with E-state index in [1.54, 1.807) is 31.0 Å². The number of anilines is 1. The van der Waals surface area contributed by atoms with Crippen LogP contribution in [0.2, 0.25) is 0 Å². The average Bonchev–Trinajstić information content (AvgIpc) is 3.18. The van der Waals surface area contributed by atoms with E-state index in [-0.39, 0.29) is 12.5 Å². The molecular weight excluding hydrogens is 366 g/mol. The molecule has 0 N–H and O–H groups in total. The highest BCUT2D eigenvalue weighted by Gasteiger charge is 2.25. The molecule has 1 amide bonds. The van der Waals surface area contributed by atoms with E-state index < -0.39 is 11.6 Å². The van der Waals surface area contributed by atoms with Crippen LogP contribution >= 0.6 is 0 Å². The molecule has 0 saturated heterocycles. The van der Waals surface area contributed by atoms with Crippen LogP contribution < -0.4 is 4.90 Å². The third-order valence-electron chi connectivity index (χ3n) is 4.44. The van der Waals surface area contributed by atoms with Gasteiger partial charge in [-0.15, -0.1) is 0 Å². The average molecular weight is 384 g/mol. The van der Waals surface area contributed by atoms with E-state index in [4.69, 9.17) is 0 Å². The normalized spacial score (nSPS) is 12.9. The van der Waals surface area contributed by atoms with E-state index in [2.05, 4.69) is 15.1 Å².